The van der Waals surface area contributed by atoms with E-state index in [9.17, 15) is 9.59 Å². The number of amides is 2. The van der Waals surface area contributed by atoms with Crippen LogP contribution in [-0.2, 0) is 16.0 Å². The first-order valence-electron chi connectivity index (χ1n) is 11.4. The molecule has 0 radical (unpaired) electrons. The smallest absolute Gasteiger partial charge is 0.237 e. The fraction of sp³-hybridized carbons (Fsp3) is 0.480. The van der Waals surface area contributed by atoms with Gasteiger partial charge in [0.15, 0.2) is 0 Å². The third-order valence-electron chi connectivity index (χ3n) is 6.92. The van der Waals surface area contributed by atoms with E-state index >= 15 is 0 Å². The summed E-state index contributed by atoms with van der Waals surface area (Å²) in [5, 5.41) is 6.06. The Bertz CT molecular complexity index is 893. The lowest BCUT2D eigenvalue weighted by atomic mass is 9.78. The number of hydrogen-bond donors (Lipinski definition) is 3. The molecule has 6 nitrogen and oxygen atoms in total. The van der Waals surface area contributed by atoms with Crippen molar-refractivity contribution in [3.8, 4) is 0 Å². The molecule has 0 aliphatic heterocycles. The van der Waals surface area contributed by atoms with Gasteiger partial charge in [-0.05, 0) is 74.1 Å². The molecule has 2 atom stereocenters. The number of hydrogen-bond acceptors (Lipinski definition) is 4. The summed E-state index contributed by atoms with van der Waals surface area (Å²) in [6.07, 6.45) is 9.84. The molecule has 2 unspecified atom stereocenters. The second kappa shape index (κ2) is 10.1. The lowest BCUT2D eigenvalue weighted by molar-refractivity contribution is -0.124. The van der Waals surface area contributed by atoms with E-state index in [1.54, 1.807) is 24.5 Å². The highest BCUT2D eigenvalue weighted by molar-refractivity contribution is 5.92. The molecular weight excluding hydrogens is 388 g/mol. The summed E-state index contributed by atoms with van der Waals surface area (Å²) in [4.78, 5) is 29.2. The number of carbonyl (C=O) groups is 2. The molecule has 4 N–H and O–H groups in total. The van der Waals surface area contributed by atoms with E-state index in [-0.39, 0.29) is 23.7 Å². The van der Waals surface area contributed by atoms with Crippen LogP contribution < -0.4 is 16.4 Å². The lowest BCUT2D eigenvalue weighted by Gasteiger charge is -2.31. The van der Waals surface area contributed by atoms with E-state index in [2.05, 4.69) is 39.9 Å². The SMILES string of the molecule is NC(C(=O)NCC1CCCc2ccccc21)C1CCC(C(=O)Nc2ccncc2)CC1. The summed E-state index contributed by atoms with van der Waals surface area (Å²) in [6, 6.07) is 11.6. The fourth-order valence-corrected chi connectivity index (χ4v) is 5.04. The number of fused-ring (bicyclic) bond motifs is 1. The first-order chi connectivity index (χ1) is 15.1. The molecule has 164 valence electrons. The zero-order valence-corrected chi connectivity index (χ0v) is 17.9. The fourth-order valence-electron chi connectivity index (χ4n) is 5.04. The number of nitrogens with one attached hydrogen (secondary N) is 2. The van der Waals surface area contributed by atoms with E-state index in [1.807, 2.05) is 0 Å². The highest BCUT2D eigenvalue weighted by Crippen LogP contribution is 2.32. The van der Waals surface area contributed by atoms with Gasteiger partial charge in [-0.25, -0.2) is 0 Å². The van der Waals surface area contributed by atoms with Gasteiger partial charge in [0.1, 0.15) is 0 Å². The molecule has 31 heavy (non-hydrogen) atoms. The number of carbonyl (C=O) groups excluding carboxylic acids is 2. The number of anilines is 1. The highest BCUT2D eigenvalue weighted by atomic mass is 16.2. The van der Waals surface area contributed by atoms with Crippen molar-refractivity contribution in [2.75, 3.05) is 11.9 Å². The van der Waals surface area contributed by atoms with Gasteiger partial charge in [-0.3, -0.25) is 14.6 Å². The second-order valence-corrected chi connectivity index (χ2v) is 8.90. The van der Waals surface area contributed by atoms with Gasteiger partial charge >= 0.3 is 0 Å². The molecule has 0 bridgehead atoms. The largest absolute Gasteiger partial charge is 0.354 e. The predicted octanol–water partition coefficient (Wildman–Crippen LogP) is 3.39. The van der Waals surface area contributed by atoms with Crippen LogP contribution in [0.15, 0.2) is 48.8 Å². The van der Waals surface area contributed by atoms with Crippen LogP contribution in [0.5, 0.6) is 0 Å². The number of aromatic nitrogens is 1. The Morgan fingerprint density at radius 3 is 2.55 bits per heavy atom. The predicted molar refractivity (Wildman–Crippen MR) is 121 cm³/mol. The van der Waals surface area contributed by atoms with Gasteiger partial charge in [-0.2, -0.15) is 0 Å². The van der Waals surface area contributed by atoms with E-state index in [0.717, 1.165) is 50.6 Å². The Balaban J connectivity index is 1.24. The van der Waals surface area contributed by atoms with Gasteiger partial charge < -0.3 is 16.4 Å². The van der Waals surface area contributed by atoms with Crippen molar-refractivity contribution in [2.24, 2.45) is 17.6 Å². The Morgan fingerprint density at radius 1 is 1.03 bits per heavy atom. The molecule has 2 aromatic rings. The summed E-state index contributed by atoms with van der Waals surface area (Å²) in [5.74, 6) is 0.446. The Morgan fingerprint density at radius 2 is 1.77 bits per heavy atom. The molecular formula is C25H32N4O2. The molecule has 1 heterocycles. The van der Waals surface area contributed by atoms with Crippen LogP contribution in [0, 0.1) is 11.8 Å². The molecule has 6 heteroatoms. The van der Waals surface area contributed by atoms with Crippen LogP contribution in [0.4, 0.5) is 5.69 Å². The van der Waals surface area contributed by atoms with Crippen LogP contribution in [0.3, 0.4) is 0 Å². The van der Waals surface area contributed by atoms with Crippen molar-refractivity contribution in [1.82, 2.24) is 10.3 Å². The first-order valence-corrected chi connectivity index (χ1v) is 11.4. The van der Waals surface area contributed by atoms with Gasteiger partial charge in [0.2, 0.25) is 11.8 Å². The quantitative estimate of drug-likeness (QED) is 0.667. The Labute approximate surface area is 184 Å². The van der Waals surface area contributed by atoms with Crippen molar-refractivity contribution in [3.05, 3.63) is 59.9 Å². The summed E-state index contributed by atoms with van der Waals surface area (Å²) in [7, 11) is 0. The van der Waals surface area contributed by atoms with E-state index in [4.69, 9.17) is 5.73 Å². The number of aryl methyl sites for hydroxylation is 1. The maximum atomic E-state index is 12.7. The van der Waals surface area contributed by atoms with E-state index in [0.29, 0.717) is 12.5 Å². The van der Waals surface area contributed by atoms with Crippen molar-refractivity contribution in [2.45, 2.75) is 56.9 Å². The zero-order chi connectivity index (χ0) is 21.6. The number of nitrogens with zero attached hydrogens (tertiary/aromatic N) is 1. The second-order valence-electron chi connectivity index (χ2n) is 8.90. The van der Waals surface area contributed by atoms with Gasteiger partial charge in [-0.1, -0.05) is 24.3 Å². The molecule has 2 aliphatic carbocycles. The summed E-state index contributed by atoms with van der Waals surface area (Å²) in [6.45, 7) is 0.646. The van der Waals surface area contributed by atoms with Gasteiger partial charge in [0, 0.05) is 36.5 Å². The third-order valence-corrected chi connectivity index (χ3v) is 6.92. The number of rotatable bonds is 6. The maximum Gasteiger partial charge on any atom is 0.237 e. The number of pyridine rings is 1. The molecule has 2 aliphatic rings. The standard InChI is InChI=1S/C25H32N4O2/c26-23(25(31)28-16-20-6-3-5-17-4-1-2-7-22(17)20)18-8-10-19(11-9-18)24(30)29-21-12-14-27-15-13-21/h1-2,4,7,12-15,18-20,23H,3,5-6,8-11,16,26H2,(H,28,31)(H,27,29,30). The van der Waals surface area contributed by atoms with Crippen LogP contribution in [0.1, 0.15) is 55.6 Å². The molecule has 1 aromatic heterocycles. The van der Waals surface area contributed by atoms with Crippen LogP contribution in [0.25, 0.3) is 0 Å². The normalized spacial score (nSPS) is 24.0. The lowest BCUT2D eigenvalue weighted by Crippen LogP contribution is -2.48. The Kier molecular flexibility index (Phi) is 6.97. The van der Waals surface area contributed by atoms with Crippen molar-refractivity contribution in [3.63, 3.8) is 0 Å². The average molecular weight is 421 g/mol. The average Bonchev–Trinajstić information content (AvgIpc) is 2.82. The molecule has 4 rings (SSSR count). The van der Waals surface area contributed by atoms with E-state index in [1.165, 1.54) is 11.1 Å². The summed E-state index contributed by atoms with van der Waals surface area (Å²) in [5.41, 5.74) is 9.86. The molecule has 2 amide bonds. The molecule has 1 aromatic carbocycles. The van der Waals surface area contributed by atoms with Crippen LogP contribution in [0.2, 0.25) is 0 Å². The van der Waals surface area contributed by atoms with Crippen molar-refractivity contribution < 1.29 is 9.59 Å². The molecule has 0 saturated heterocycles. The zero-order valence-electron chi connectivity index (χ0n) is 17.9. The van der Waals surface area contributed by atoms with Crippen molar-refractivity contribution >= 4 is 17.5 Å². The van der Waals surface area contributed by atoms with Crippen LogP contribution in [-0.4, -0.2) is 29.4 Å². The third kappa shape index (κ3) is 5.31. The molecule has 0 spiro atoms. The highest BCUT2D eigenvalue weighted by Gasteiger charge is 2.32. The molecule has 1 saturated carbocycles. The van der Waals surface area contributed by atoms with Gasteiger partial charge in [0.25, 0.3) is 0 Å². The summed E-state index contributed by atoms with van der Waals surface area (Å²) < 4.78 is 0. The maximum absolute atomic E-state index is 12.7. The van der Waals surface area contributed by atoms with E-state index < -0.39 is 6.04 Å². The number of benzene rings is 1. The van der Waals surface area contributed by atoms with Gasteiger partial charge in [-0.15, -0.1) is 0 Å². The Hall–Kier alpha value is -2.73. The minimum Gasteiger partial charge on any atom is -0.354 e. The minimum absolute atomic E-state index is 0.0292. The first kappa shape index (κ1) is 21.5. The van der Waals surface area contributed by atoms with Crippen molar-refractivity contribution in [1.29, 1.82) is 0 Å². The minimum atomic E-state index is -0.511. The monoisotopic (exact) mass is 420 g/mol. The number of nitrogens with two attached hydrogens (primary N) is 1. The summed E-state index contributed by atoms with van der Waals surface area (Å²) >= 11 is 0. The van der Waals surface area contributed by atoms with Crippen LogP contribution >= 0.6 is 0 Å². The van der Waals surface area contributed by atoms with Gasteiger partial charge in [0.05, 0.1) is 6.04 Å². The topological polar surface area (TPSA) is 97.1 Å². The molecule has 1 fully saturated rings.